The molecule has 0 saturated carbocycles. The molecule has 0 aliphatic rings. The van der Waals surface area contributed by atoms with Crippen LogP contribution in [0.1, 0.15) is 12.0 Å². The molecule has 0 heterocycles. The molecule has 2 rings (SSSR count). The monoisotopic (exact) mass is 299 g/mol. The second-order valence-electron chi connectivity index (χ2n) is 4.77. The van der Waals surface area contributed by atoms with Crippen LogP contribution in [0.15, 0.2) is 54.6 Å². The Morgan fingerprint density at radius 2 is 1.73 bits per heavy atom. The van der Waals surface area contributed by atoms with E-state index in [0.29, 0.717) is 6.54 Å². The lowest BCUT2D eigenvalue weighted by Crippen LogP contribution is -2.29. The maximum Gasteiger partial charge on any atom is 0.319 e. The second kappa shape index (κ2) is 7.78. The number of nitro groups is 1. The van der Waals surface area contributed by atoms with E-state index in [4.69, 9.17) is 0 Å². The third-order valence-corrected chi connectivity index (χ3v) is 3.11. The molecule has 0 radical (unpaired) electrons. The zero-order chi connectivity index (χ0) is 15.8. The van der Waals surface area contributed by atoms with Crippen molar-refractivity contribution in [3.63, 3.8) is 0 Å². The number of carbonyl (C=O) groups is 1. The van der Waals surface area contributed by atoms with Gasteiger partial charge in [-0.3, -0.25) is 10.1 Å². The molecule has 0 bridgehead atoms. The van der Waals surface area contributed by atoms with Gasteiger partial charge in [0.25, 0.3) is 5.69 Å². The quantitative estimate of drug-likeness (QED) is 0.487. The van der Waals surface area contributed by atoms with E-state index in [1.54, 1.807) is 12.1 Å². The van der Waals surface area contributed by atoms with Gasteiger partial charge in [-0.15, -0.1) is 0 Å². The first-order chi connectivity index (χ1) is 10.6. The van der Waals surface area contributed by atoms with Crippen LogP contribution in [0, 0.1) is 10.1 Å². The minimum Gasteiger partial charge on any atom is -0.338 e. The molecule has 0 unspecified atom stereocenters. The molecule has 6 nitrogen and oxygen atoms in total. The van der Waals surface area contributed by atoms with Gasteiger partial charge in [0.15, 0.2) is 0 Å². The number of carbonyl (C=O) groups excluding carboxylic acids is 1. The number of nitrogens with one attached hydrogen (secondary N) is 2. The molecule has 2 aromatic carbocycles. The molecule has 0 atom stereocenters. The SMILES string of the molecule is O=C(NCCCc1ccc([N+](=O)[O-])cc1)Nc1ccccc1. The smallest absolute Gasteiger partial charge is 0.319 e. The predicted molar refractivity (Wildman–Crippen MR) is 84.9 cm³/mol. The Balaban J connectivity index is 1.68. The van der Waals surface area contributed by atoms with Crippen molar-refractivity contribution in [2.24, 2.45) is 0 Å². The third-order valence-electron chi connectivity index (χ3n) is 3.11. The molecule has 114 valence electrons. The zero-order valence-electron chi connectivity index (χ0n) is 12.0. The van der Waals surface area contributed by atoms with Gasteiger partial charge in [0.1, 0.15) is 0 Å². The van der Waals surface area contributed by atoms with Crippen LogP contribution < -0.4 is 10.6 Å². The Morgan fingerprint density at radius 3 is 2.36 bits per heavy atom. The van der Waals surface area contributed by atoms with Crippen LogP contribution in [0.2, 0.25) is 0 Å². The topological polar surface area (TPSA) is 84.3 Å². The predicted octanol–water partition coefficient (Wildman–Crippen LogP) is 3.35. The minimum atomic E-state index is -0.417. The number of para-hydroxylation sites is 1. The highest BCUT2D eigenvalue weighted by Gasteiger charge is 2.04. The van der Waals surface area contributed by atoms with Gasteiger partial charge < -0.3 is 10.6 Å². The van der Waals surface area contributed by atoms with Crippen molar-refractivity contribution in [3.8, 4) is 0 Å². The fraction of sp³-hybridized carbons (Fsp3) is 0.188. The van der Waals surface area contributed by atoms with Crippen LogP contribution in [0.3, 0.4) is 0 Å². The van der Waals surface area contributed by atoms with Gasteiger partial charge in [-0.2, -0.15) is 0 Å². The molecular formula is C16H17N3O3. The van der Waals surface area contributed by atoms with Crippen LogP contribution in [0.5, 0.6) is 0 Å². The van der Waals surface area contributed by atoms with Crippen LogP contribution >= 0.6 is 0 Å². The number of nitrogens with zero attached hydrogens (tertiary/aromatic N) is 1. The lowest BCUT2D eigenvalue weighted by atomic mass is 10.1. The average molecular weight is 299 g/mol. The van der Waals surface area contributed by atoms with Gasteiger partial charge in [0.2, 0.25) is 0 Å². The summed E-state index contributed by atoms with van der Waals surface area (Å²) in [6.45, 7) is 0.537. The summed E-state index contributed by atoms with van der Waals surface area (Å²) in [6, 6.07) is 15.4. The first-order valence-electron chi connectivity index (χ1n) is 6.98. The lowest BCUT2D eigenvalue weighted by Gasteiger charge is -2.07. The molecule has 0 aromatic heterocycles. The van der Waals surface area contributed by atoms with Crippen molar-refractivity contribution in [1.82, 2.24) is 5.32 Å². The number of amides is 2. The van der Waals surface area contributed by atoms with Gasteiger partial charge >= 0.3 is 6.03 Å². The summed E-state index contributed by atoms with van der Waals surface area (Å²) >= 11 is 0. The number of rotatable bonds is 6. The molecule has 0 aliphatic heterocycles. The number of urea groups is 1. The highest BCUT2D eigenvalue weighted by atomic mass is 16.6. The summed E-state index contributed by atoms with van der Waals surface area (Å²) in [5, 5.41) is 16.1. The van der Waals surface area contributed by atoms with E-state index in [1.165, 1.54) is 12.1 Å². The van der Waals surface area contributed by atoms with Crippen molar-refractivity contribution in [1.29, 1.82) is 0 Å². The van der Waals surface area contributed by atoms with E-state index in [1.807, 2.05) is 30.3 Å². The third kappa shape index (κ3) is 4.90. The molecule has 0 aliphatic carbocycles. The maximum atomic E-state index is 11.6. The molecule has 2 aromatic rings. The van der Waals surface area contributed by atoms with Crippen molar-refractivity contribution in [2.75, 3.05) is 11.9 Å². The molecule has 0 saturated heterocycles. The van der Waals surface area contributed by atoms with E-state index in [9.17, 15) is 14.9 Å². The van der Waals surface area contributed by atoms with Crippen molar-refractivity contribution >= 4 is 17.4 Å². The Morgan fingerprint density at radius 1 is 1.05 bits per heavy atom. The number of aryl methyl sites for hydroxylation is 1. The number of non-ortho nitro benzene ring substituents is 1. The summed E-state index contributed by atoms with van der Waals surface area (Å²) in [7, 11) is 0. The fourth-order valence-electron chi connectivity index (χ4n) is 1.98. The first kappa shape index (κ1) is 15.5. The molecule has 6 heteroatoms. The number of anilines is 1. The average Bonchev–Trinajstić information content (AvgIpc) is 2.53. The summed E-state index contributed by atoms with van der Waals surface area (Å²) < 4.78 is 0. The van der Waals surface area contributed by atoms with Crippen molar-refractivity contribution in [2.45, 2.75) is 12.8 Å². The molecule has 0 fully saturated rings. The zero-order valence-corrected chi connectivity index (χ0v) is 12.0. The summed E-state index contributed by atoms with van der Waals surface area (Å²) in [4.78, 5) is 21.8. The highest BCUT2D eigenvalue weighted by Crippen LogP contribution is 2.12. The Kier molecular flexibility index (Phi) is 5.48. The van der Waals surface area contributed by atoms with Gasteiger partial charge in [-0.05, 0) is 30.5 Å². The summed E-state index contributed by atoms with van der Waals surface area (Å²) in [5.74, 6) is 0. The molecule has 22 heavy (non-hydrogen) atoms. The first-order valence-corrected chi connectivity index (χ1v) is 6.98. The van der Waals surface area contributed by atoms with Crippen molar-refractivity contribution < 1.29 is 9.72 Å². The lowest BCUT2D eigenvalue weighted by molar-refractivity contribution is -0.384. The van der Waals surface area contributed by atoms with Gasteiger partial charge in [0, 0.05) is 24.4 Å². The van der Waals surface area contributed by atoms with E-state index in [-0.39, 0.29) is 11.7 Å². The van der Waals surface area contributed by atoms with E-state index >= 15 is 0 Å². The number of nitro benzene ring substituents is 1. The van der Waals surface area contributed by atoms with Crippen molar-refractivity contribution in [3.05, 3.63) is 70.3 Å². The number of hydrogen-bond donors (Lipinski definition) is 2. The Bertz CT molecular complexity index is 627. The fourth-order valence-corrected chi connectivity index (χ4v) is 1.98. The Hall–Kier alpha value is -2.89. The standard InChI is InChI=1S/C16H17N3O3/c20-16(18-14-6-2-1-3-7-14)17-12-4-5-13-8-10-15(11-9-13)19(21)22/h1-3,6-11H,4-5,12H2,(H2,17,18,20). The van der Waals surface area contributed by atoms with Gasteiger partial charge in [0.05, 0.1) is 4.92 Å². The normalized spacial score (nSPS) is 10.0. The molecule has 2 N–H and O–H groups in total. The number of hydrogen-bond acceptors (Lipinski definition) is 3. The summed E-state index contributed by atoms with van der Waals surface area (Å²) in [5.41, 5.74) is 1.84. The maximum absolute atomic E-state index is 11.6. The van der Waals surface area contributed by atoms with Crippen LogP contribution in [-0.2, 0) is 6.42 Å². The number of benzene rings is 2. The molecule has 2 amide bonds. The van der Waals surface area contributed by atoms with Crippen LogP contribution in [-0.4, -0.2) is 17.5 Å². The largest absolute Gasteiger partial charge is 0.338 e. The Labute approximate surface area is 128 Å². The minimum absolute atomic E-state index is 0.0871. The van der Waals surface area contributed by atoms with Gasteiger partial charge in [-0.1, -0.05) is 30.3 Å². The van der Waals surface area contributed by atoms with E-state index in [2.05, 4.69) is 10.6 Å². The second-order valence-corrected chi connectivity index (χ2v) is 4.77. The van der Waals surface area contributed by atoms with Crippen LogP contribution in [0.4, 0.5) is 16.2 Å². The van der Waals surface area contributed by atoms with Gasteiger partial charge in [-0.25, -0.2) is 4.79 Å². The molecular weight excluding hydrogens is 282 g/mol. The summed E-state index contributed by atoms with van der Waals surface area (Å²) in [6.07, 6.45) is 1.52. The molecule has 0 spiro atoms. The highest BCUT2D eigenvalue weighted by molar-refractivity contribution is 5.89. The van der Waals surface area contributed by atoms with Crippen LogP contribution in [0.25, 0.3) is 0 Å². The van der Waals surface area contributed by atoms with E-state index < -0.39 is 4.92 Å². The van der Waals surface area contributed by atoms with E-state index in [0.717, 1.165) is 24.1 Å².